The molecule has 1 aliphatic rings. The lowest BCUT2D eigenvalue weighted by Gasteiger charge is -2.28. The van der Waals surface area contributed by atoms with Crippen LogP contribution in [0, 0.1) is 5.41 Å². The van der Waals surface area contributed by atoms with Crippen LogP contribution >= 0.6 is 0 Å². The Morgan fingerprint density at radius 1 is 0.649 bits per heavy atom. The average molecular weight is 531 g/mol. The Bertz CT molecular complexity index is 1560. The molecule has 0 saturated heterocycles. The molecule has 0 aliphatic heterocycles. The Morgan fingerprint density at radius 3 is 1.49 bits per heavy atom. The van der Waals surface area contributed by atoms with E-state index in [2.05, 4.69) is 0 Å². The van der Waals surface area contributed by atoms with Gasteiger partial charge in [-0.2, -0.15) is 0 Å². The second-order valence-electron chi connectivity index (χ2n) is 9.14. The largest absolute Gasteiger partial charge is 0.395 e. The summed E-state index contributed by atoms with van der Waals surface area (Å²) in [4.78, 5) is -0.200. The third-order valence-corrected chi connectivity index (χ3v) is 13.0. The highest BCUT2D eigenvalue weighted by Gasteiger charge is 2.83. The first-order valence-electron chi connectivity index (χ1n) is 11.8. The highest BCUT2D eigenvalue weighted by atomic mass is 32.3. The zero-order chi connectivity index (χ0) is 26.2. The fourth-order valence-corrected chi connectivity index (χ4v) is 11.0. The summed E-state index contributed by atoms with van der Waals surface area (Å²) in [6, 6.07) is 33.6. The minimum atomic E-state index is -4.49. The molecule has 0 bridgehead atoms. The maximum Gasteiger partial charge on any atom is 0.199 e. The summed E-state index contributed by atoms with van der Waals surface area (Å²) >= 11 is 0. The predicted molar refractivity (Wildman–Crippen MR) is 145 cm³/mol. The number of aliphatic hydroxyl groups excluding tert-OH is 1. The Hall–Kier alpha value is -3.52. The van der Waals surface area contributed by atoms with E-state index in [1.165, 1.54) is 24.3 Å². The number of sulfone groups is 2. The summed E-state index contributed by atoms with van der Waals surface area (Å²) in [6.45, 7) is -0.668. The summed E-state index contributed by atoms with van der Waals surface area (Å²) in [5.74, 6) is 0. The number of hydrogen-bond donors (Lipinski definition) is 1. The molecule has 0 heterocycles. The molecule has 4 aromatic carbocycles. The molecule has 5 rings (SSSR count). The van der Waals surface area contributed by atoms with Crippen LogP contribution in [0.25, 0.3) is 11.6 Å². The first kappa shape index (κ1) is 25.1. The van der Waals surface area contributed by atoms with E-state index in [0.717, 1.165) is 5.56 Å². The van der Waals surface area contributed by atoms with E-state index in [-0.39, 0.29) is 16.2 Å². The van der Waals surface area contributed by atoms with E-state index in [9.17, 15) is 21.9 Å². The van der Waals surface area contributed by atoms with Gasteiger partial charge in [0.15, 0.2) is 23.8 Å². The van der Waals surface area contributed by atoms with Crippen LogP contribution in [-0.2, 0) is 19.7 Å². The molecule has 0 spiro atoms. The van der Waals surface area contributed by atoms with Crippen molar-refractivity contribution in [1.29, 1.82) is 0 Å². The SMILES string of the molecule is O=S(=O)(c1ccccc1)C1(S(=O)(=O)c2ccccc2)CC1(CO)C(=Cc1ccccc1)c1ccccc1. The van der Waals surface area contributed by atoms with Gasteiger partial charge in [0, 0.05) is 0 Å². The van der Waals surface area contributed by atoms with Crippen molar-refractivity contribution >= 4 is 31.3 Å². The maximum absolute atomic E-state index is 14.4. The Kier molecular flexibility index (Phi) is 6.40. The first-order valence-corrected chi connectivity index (χ1v) is 14.8. The highest BCUT2D eigenvalue weighted by Crippen LogP contribution is 2.72. The van der Waals surface area contributed by atoms with Crippen LogP contribution < -0.4 is 0 Å². The van der Waals surface area contributed by atoms with Gasteiger partial charge in [-0.15, -0.1) is 0 Å². The second kappa shape index (κ2) is 9.41. The smallest absolute Gasteiger partial charge is 0.199 e. The third-order valence-electron chi connectivity index (χ3n) is 7.09. The van der Waals surface area contributed by atoms with Crippen molar-refractivity contribution in [2.24, 2.45) is 5.41 Å². The molecule has 1 unspecified atom stereocenters. The quantitative estimate of drug-likeness (QED) is 0.314. The molecule has 0 aromatic heterocycles. The molecule has 4 aromatic rings. The van der Waals surface area contributed by atoms with E-state index in [1.807, 2.05) is 36.4 Å². The predicted octanol–water partition coefficient (Wildman–Crippen LogP) is 5.25. The van der Waals surface area contributed by atoms with Gasteiger partial charge in [0.2, 0.25) is 0 Å². The lowest BCUT2D eigenvalue weighted by molar-refractivity contribution is 0.244. The normalized spacial score (nSPS) is 19.3. The zero-order valence-electron chi connectivity index (χ0n) is 19.9. The van der Waals surface area contributed by atoms with Gasteiger partial charge in [-0.3, -0.25) is 0 Å². The average Bonchev–Trinajstić information content (AvgIpc) is 3.67. The van der Waals surface area contributed by atoms with Crippen LogP contribution in [0.5, 0.6) is 0 Å². The van der Waals surface area contributed by atoms with Crippen LogP contribution in [0.15, 0.2) is 131 Å². The van der Waals surface area contributed by atoms with E-state index in [0.29, 0.717) is 11.1 Å². The zero-order valence-corrected chi connectivity index (χ0v) is 21.6. The lowest BCUT2D eigenvalue weighted by Crippen LogP contribution is -2.41. The molecule has 5 nitrogen and oxygen atoms in total. The second-order valence-corrected chi connectivity index (χ2v) is 13.7. The number of hydrogen-bond acceptors (Lipinski definition) is 5. The number of aliphatic hydroxyl groups is 1. The lowest BCUT2D eigenvalue weighted by atomic mass is 9.88. The molecule has 1 saturated carbocycles. The van der Waals surface area contributed by atoms with Gasteiger partial charge in [-0.05, 0) is 47.4 Å². The van der Waals surface area contributed by atoms with Crippen LogP contribution in [0.4, 0.5) is 0 Å². The molecule has 1 atom stereocenters. The van der Waals surface area contributed by atoms with Crippen LogP contribution in [0.1, 0.15) is 17.5 Å². The van der Waals surface area contributed by atoms with Gasteiger partial charge >= 0.3 is 0 Å². The van der Waals surface area contributed by atoms with E-state index < -0.39 is 35.8 Å². The van der Waals surface area contributed by atoms with Crippen molar-refractivity contribution in [2.45, 2.75) is 20.3 Å². The Morgan fingerprint density at radius 2 is 1.05 bits per heavy atom. The molecule has 7 heteroatoms. The van der Waals surface area contributed by atoms with E-state index in [1.54, 1.807) is 66.7 Å². The monoisotopic (exact) mass is 530 g/mol. The van der Waals surface area contributed by atoms with Gasteiger partial charge in [0.05, 0.1) is 21.8 Å². The van der Waals surface area contributed by atoms with Gasteiger partial charge in [-0.25, -0.2) is 16.8 Å². The van der Waals surface area contributed by atoms with Gasteiger partial charge in [0.25, 0.3) is 0 Å². The molecule has 1 N–H and O–H groups in total. The minimum absolute atomic E-state index is 0.100. The summed E-state index contributed by atoms with van der Waals surface area (Å²) in [5.41, 5.74) is 0.270. The molecule has 1 aliphatic carbocycles. The molecule has 0 amide bonds. The van der Waals surface area contributed by atoms with Gasteiger partial charge < -0.3 is 5.11 Å². The third kappa shape index (κ3) is 3.85. The fourth-order valence-electron chi connectivity index (χ4n) is 5.18. The number of benzene rings is 4. The van der Waals surface area contributed by atoms with Gasteiger partial charge in [-0.1, -0.05) is 103 Å². The first-order chi connectivity index (χ1) is 17.8. The Balaban J connectivity index is 1.84. The molecule has 188 valence electrons. The Labute approximate surface area is 217 Å². The van der Waals surface area contributed by atoms with Crippen molar-refractivity contribution < 1.29 is 21.9 Å². The van der Waals surface area contributed by atoms with Crippen LogP contribution in [-0.4, -0.2) is 32.6 Å². The van der Waals surface area contributed by atoms with Crippen molar-refractivity contribution in [2.75, 3.05) is 6.61 Å². The van der Waals surface area contributed by atoms with E-state index in [4.69, 9.17) is 0 Å². The summed E-state index contributed by atoms with van der Waals surface area (Å²) in [7, 11) is -8.97. The van der Waals surface area contributed by atoms with Gasteiger partial charge in [0.1, 0.15) is 0 Å². The standard InChI is InChI=1S/C30H26O5S2/c31-23-29(28(25-15-7-2-8-16-25)21-24-13-5-1-6-14-24)22-30(29,36(32,33)26-17-9-3-10-18-26)37(34,35)27-19-11-4-12-20-27/h1-21,31H,22-23H2. The van der Waals surface area contributed by atoms with Crippen molar-refractivity contribution in [1.82, 2.24) is 0 Å². The molecular formula is C30H26O5S2. The minimum Gasteiger partial charge on any atom is -0.395 e. The summed E-state index contributed by atoms with van der Waals surface area (Å²) in [6.07, 6.45) is 1.51. The van der Waals surface area contributed by atoms with Crippen molar-refractivity contribution in [3.8, 4) is 0 Å². The van der Waals surface area contributed by atoms with E-state index >= 15 is 0 Å². The molecule has 0 radical (unpaired) electrons. The fraction of sp³-hybridized carbons (Fsp3) is 0.133. The van der Waals surface area contributed by atoms with Crippen LogP contribution in [0.3, 0.4) is 0 Å². The van der Waals surface area contributed by atoms with Crippen molar-refractivity contribution in [3.63, 3.8) is 0 Å². The van der Waals surface area contributed by atoms with Crippen LogP contribution in [0.2, 0.25) is 0 Å². The summed E-state index contributed by atoms with van der Waals surface area (Å²) < 4.78 is 55.2. The maximum atomic E-state index is 14.4. The van der Waals surface area contributed by atoms with Crippen molar-refractivity contribution in [3.05, 3.63) is 132 Å². The molecular weight excluding hydrogens is 504 g/mol. The molecule has 37 heavy (non-hydrogen) atoms. The number of rotatable bonds is 8. The topological polar surface area (TPSA) is 88.5 Å². The summed E-state index contributed by atoms with van der Waals surface area (Å²) in [5, 5.41) is 11.0. The highest BCUT2D eigenvalue weighted by molar-refractivity contribution is 8.11. The molecule has 1 fully saturated rings.